The number of carbonyl (C=O) groups excluding carboxylic acids is 1. The lowest BCUT2D eigenvalue weighted by atomic mass is 10.2. The molecule has 0 saturated carbocycles. The van der Waals surface area contributed by atoms with Crippen LogP contribution in [0.15, 0.2) is 60.0 Å². The molecule has 0 radical (unpaired) electrons. The number of para-hydroxylation sites is 1. The smallest absolute Gasteiger partial charge is 0.459 e. The van der Waals surface area contributed by atoms with Crippen LogP contribution in [0.1, 0.15) is 27.2 Å². The van der Waals surface area contributed by atoms with E-state index in [1.807, 2.05) is 18.7 Å². The third-order valence-corrected chi connectivity index (χ3v) is 8.30. The van der Waals surface area contributed by atoms with E-state index in [0.29, 0.717) is 23.8 Å². The Labute approximate surface area is 210 Å². The highest BCUT2D eigenvalue weighted by molar-refractivity contribution is 8.00. The molecular formula is C23H33N4O6PS. The molecule has 192 valence electrons. The molecule has 2 aliphatic heterocycles. The molecule has 35 heavy (non-hydrogen) atoms. The van der Waals surface area contributed by atoms with Crippen molar-refractivity contribution in [2.75, 3.05) is 13.2 Å². The highest BCUT2D eigenvalue weighted by atomic mass is 32.2. The first-order valence-corrected chi connectivity index (χ1v) is 13.8. The number of rotatable bonds is 11. The second kappa shape index (κ2) is 12.1. The normalized spacial score (nSPS) is 24.7. The molecule has 1 aromatic rings. The van der Waals surface area contributed by atoms with Crippen LogP contribution in [-0.2, 0) is 18.6 Å². The summed E-state index contributed by atoms with van der Waals surface area (Å²) in [5.41, 5.74) is 5.71. The van der Waals surface area contributed by atoms with Gasteiger partial charge in [0.05, 0.1) is 29.9 Å². The van der Waals surface area contributed by atoms with Gasteiger partial charge in [-0.2, -0.15) is 5.09 Å². The molecule has 1 saturated heterocycles. The number of carbonyl (C=O) groups is 1. The molecule has 0 aromatic heterocycles. The second-order valence-corrected chi connectivity index (χ2v) is 11.8. The van der Waals surface area contributed by atoms with Crippen LogP contribution < -0.4 is 15.3 Å². The van der Waals surface area contributed by atoms with Crippen molar-refractivity contribution in [2.45, 2.75) is 50.0 Å². The molecule has 2 heterocycles. The summed E-state index contributed by atoms with van der Waals surface area (Å²) in [6.07, 6.45) is 3.13. The van der Waals surface area contributed by atoms with Gasteiger partial charge in [-0.1, -0.05) is 38.6 Å². The Kier molecular flexibility index (Phi) is 9.43. The lowest BCUT2D eigenvalue weighted by Crippen LogP contribution is -2.36. The van der Waals surface area contributed by atoms with Crippen molar-refractivity contribution in [2.24, 2.45) is 16.6 Å². The number of hydrogen-bond donors (Lipinski definition) is 3. The molecule has 2 aliphatic rings. The van der Waals surface area contributed by atoms with E-state index in [-0.39, 0.29) is 24.5 Å². The van der Waals surface area contributed by atoms with Crippen molar-refractivity contribution >= 4 is 31.3 Å². The predicted octanol–water partition coefficient (Wildman–Crippen LogP) is 3.22. The molecule has 0 amide bonds. The summed E-state index contributed by atoms with van der Waals surface area (Å²) in [5.74, 6) is 0.751. The maximum Gasteiger partial charge on any atom is 0.459 e. The Morgan fingerprint density at radius 2 is 2.09 bits per heavy atom. The maximum atomic E-state index is 13.6. The number of nitrogens with zero attached hydrogens (tertiary/aromatic N) is 2. The minimum Gasteiger partial charge on any atom is -0.464 e. The van der Waals surface area contributed by atoms with E-state index in [1.165, 1.54) is 18.7 Å². The van der Waals surface area contributed by atoms with E-state index in [9.17, 15) is 14.5 Å². The van der Waals surface area contributed by atoms with Crippen LogP contribution in [0.4, 0.5) is 0 Å². The zero-order valence-corrected chi connectivity index (χ0v) is 21.8. The van der Waals surface area contributed by atoms with Gasteiger partial charge in [0.25, 0.3) is 0 Å². The summed E-state index contributed by atoms with van der Waals surface area (Å²) in [7, 11) is -4.01. The lowest BCUT2D eigenvalue weighted by Gasteiger charge is -2.28. The highest BCUT2D eigenvalue weighted by Gasteiger charge is 2.40. The van der Waals surface area contributed by atoms with Gasteiger partial charge in [0, 0.05) is 12.6 Å². The zero-order valence-electron chi connectivity index (χ0n) is 20.1. The van der Waals surface area contributed by atoms with Gasteiger partial charge >= 0.3 is 13.7 Å². The predicted molar refractivity (Wildman–Crippen MR) is 137 cm³/mol. The Morgan fingerprint density at radius 3 is 2.74 bits per heavy atom. The number of aliphatic hydroxyl groups excluding tert-OH is 1. The number of thioether (sulfide) groups is 1. The fourth-order valence-corrected chi connectivity index (χ4v) is 6.42. The molecule has 5 atom stereocenters. The van der Waals surface area contributed by atoms with Gasteiger partial charge in [-0.25, -0.2) is 9.56 Å². The number of benzene rings is 1. The van der Waals surface area contributed by atoms with Crippen LogP contribution >= 0.6 is 19.5 Å². The van der Waals surface area contributed by atoms with Crippen molar-refractivity contribution in [1.82, 2.24) is 9.99 Å². The van der Waals surface area contributed by atoms with Gasteiger partial charge < -0.3 is 25.0 Å². The summed E-state index contributed by atoms with van der Waals surface area (Å²) in [4.78, 5) is 18.4. The van der Waals surface area contributed by atoms with Crippen molar-refractivity contribution in [1.29, 1.82) is 0 Å². The second-order valence-electron chi connectivity index (χ2n) is 8.68. The summed E-state index contributed by atoms with van der Waals surface area (Å²) in [6, 6.07) is 7.58. The van der Waals surface area contributed by atoms with Crippen molar-refractivity contribution in [3.63, 3.8) is 0 Å². The first-order chi connectivity index (χ1) is 16.6. The van der Waals surface area contributed by atoms with Crippen LogP contribution in [0.3, 0.4) is 0 Å². The van der Waals surface area contributed by atoms with Crippen LogP contribution in [0.25, 0.3) is 0 Å². The van der Waals surface area contributed by atoms with Crippen LogP contribution in [0.5, 0.6) is 5.75 Å². The van der Waals surface area contributed by atoms with E-state index in [4.69, 9.17) is 19.5 Å². The first kappa shape index (κ1) is 27.3. The van der Waals surface area contributed by atoms with Crippen LogP contribution in [0.2, 0.25) is 0 Å². The maximum absolute atomic E-state index is 13.6. The van der Waals surface area contributed by atoms with Crippen LogP contribution in [0, 0.1) is 5.92 Å². The number of ether oxygens (including phenoxy) is 1. The monoisotopic (exact) mass is 524 g/mol. The number of aliphatic hydroxyl groups is 1. The highest BCUT2D eigenvalue weighted by Crippen LogP contribution is 2.47. The van der Waals surface area contributed by atoms with E-state index in [0.717, 1.165) is 0 Å². The number of nitrogens with two attached hydrogens (primary N) is 1. The quantitative estimate of drug-likeness (QED) is 0.292. The van der Waals surface area contributed by atoms with Gasteiger partial charge in [-0.3, -0.25) is 9.32 Å². The van der Waals surface area contributed by atoms with E-state index >= 15 is 0 Å². The number of amidine groups is 1. The fraction of sp³-hybridized carbons (Fsp3) is 0.478. The molecule has 10 nitrogen and oxygen atoms in total. The number of aliphatic imine (C=N–C) groups is 1. The minimum atomic E-state index is -4.01. The molecule has 4 N–H and O–H groups in total. The number of nitrogens with one attached hydrogen (secondary N) is 1. The fourth-order valence-electron chi connectivity index (χ4n) is 3.33. The molecule has 0 aliphatic carbocycles. The third kappa shape index (κ3) is 7.85. The number of hydrogen-bond acceptors (Lipinski definition) is 10. The largest absolute Gasteiger partial charge is 0.464 e. The van der Waals surface area contributed by atoms with Crippen molar-refractivity contribution in [3.8, 4) is 5.75 Å². The van der Waals surface area contributed by atoms with E-state index < -0.39 is 31.1 Å². The topological polar surface area (TPSA) is 136 Å². The molecule has 12 heteroatoms. The Bertz CT molecular complexity index is 1000. The zero-order chi connectivity index (χ0) is 25.6. The van der Waals surface area contributed by atoms with Crippen molar-refractivity contribution in [3.05, 3.63) is 55.0 Å². The van der Waals surface area contributed by atoms with Gasteiger partial charge in [0.1, 0.15) is 23.4 Å². The van der Waals surface area contributed by atoms with Gasteiger partial charge in [0.15, 0.2) is 0 Å². The standard InChI is InChI=1S/C23H33N4O6PS/c1-15(2)13-31-23(29)16(3)26-34(30,33-18-8-6-5-7-9-18)32-14-20-19(28)12-22(35-20)27-11-10-21(24)25-17(27)4/h5-11,15-16,19-20,22,28H,4,12-14H2,1-3H3,(H2,24,25)(H,26,30)/t16-,19+,20+,22+,34?/m0/s1. The molecule has 0 bridgehead atoms. The molecular weight excluding hydrogens is 491 g/mol. The van der Waals surface area contributed by atoms with E-state index in [1.54, 1.807) is 42.6 Å². The molecule has 1 unspecified atom stereocenters. The summed E-state index contributed by atoms with van der Waals surface area (Å²) >= 11 is 1.45. The minimum absolute atomic E-state index is 0.0807. The summed E-state index contributed by atoms with van der Waals surface area (Å²) in [5, 5.41) is 12.8. The number of esters is 1. The Hall–Kier alpha value is -2.30. The lowest BCUT2D eigenvalue weighted by molar-refractivity contribution is -0.146. The molecule has 0 spiro atoms. The Balaban J connectivity index is 1.66. The van der Waals surface area contributed by atoms with Crippen molar-refractivity contribution < 1.29 is 28.3 Å². The van der Waals surface area contributed by atoms with Gasteiger partial charge in [0.2, 0.25) is 0 Å². The third-order valence-electron chi connectivity index (χ3n) is 5.12. The SMILES string of the molecule is C=C1N=C(N)C=CN1[C@H]1C[C@@H](O)[C@@H](COP(=O)(N[C@@H](C)C(=O)OCC(C)C)Oc2ccccc2)S1. The molecule has 1 aromatic carbocycles. The summed E-state index contributed by atoms with van der Waals surface area (Å²) in [6.45, 7) is 9.45. The van der Waals surface area contributed by atoms with E-state index in [2.05, 4.69) is 16.7 Å². The Morgan fingerprint density at radius 1 is 1.37 bits per heavy atom. The average Bonchev–Trinajstić information content (AvgIpc) is 3.16. The van der Waals surface area contributed by atoms with Gasteiger partial charge in [-0.05, 0) is 31.1 Å². The average molecular weight is 525 g/mol. The first-order valence-electron chi connectivity index (χ1n) is 11.3. The summed E-state index contributed by atoms with van der Waals surface area (Å²) < 4.78 is 30.3. The molecule has 3 rings (SSSR count). The van der Waals surface area contributed by atoms with Gasteiger partial charge in [-0.15, -0.1) is 11.8 Å². The van der Waals surface area contributed by atoms with Crippen LogP contribution in [-0.4, -0.2) is 57.8 Å². The molecule has 1 fully saturated rings.